The van der Waals surface area contributed by atoms with Gasteiger partial charge in [-0.05, 0) is 24.0 Å². The van der Waals surface area contributed by atoms with Crippen molar-refractivity contribution in [2.45, 2.75) is 12.8 Å². The Labute approximate surface area is 86.5 Å². The van der Waals surface area contributed by atoms with Gasteiger partial charge in [0.2, 0.25) is 0 Å². The first kappa shape index (κ1) is 10.0. The summed E-state index contributed by atoms with van der Waals surface area (Å²) in [5, 5.41) is 21.7. The number of aliphatic hydroxyl groups is 1. The zero-order valence-electron chi connectivity index (χ0n) is 8.26. The van der Waals surface area contributed by atoms with Gasteiger partial charge >= 0.3 is 0 Å². The number of likely N-dealkylation sites (tertiary alicyclic amines) is 1. The predicted molar refractivity (Wildman–Crippen MR) is 49.9 cm³/mol. The number of carbonyl (C=O) groups excluding carboxylic acids is 1. The Balaban J connectivity index is 1.93. The highest BCUT2D eigenvalue weighted by Gasteiger charge is 2.28. The van der Waals surface area contributed by atoms with Gasteiger partial charge in [-0.15, -0.1) is 10.2 Å². The number of aromatic amines is 1. The molecule has 2 heterocycles. The van der Waals surface area contributed by atoms with Crippen molar-refractivity contribution >= 4 is 5.91 Å². The Morgan fingerprint density at radius 1 is 1.67 bits per heavy atom. The maximum Gasteiger partial charge on any atom is 0.295 e. The second kappa shape index (κ2) is 4.35. The minimum Gasteiger partial charge on any atom is -0.396 e. The SMILES string of the molecule is O=C(c1nn[nH]n1)N1CCC(CCO)C1. The van der Waals surface area contributed by atoms with E-state index in [0.29, 0.717) is 19.0 Å². The molecule has 82 valence electrons. The lowest BCUT2D eigenvalue weighted by atomic mass is 10.1. The van der Waals surface area contributed by atoms with E-state index in [0.717, 1.165) is 12.8 Å². The van der Waals surface area contributed by atoms with E-state index in [-0.39, 0.29) is 18.3 Å². The van der Waals surface area contributed by atoms with Crippen LogP contribution in [0.3, 0.4) is 0 Å². The van der Waals surface area contributed by atoms with E-state index < -0.39 is 0 Å². The Bertz CT molecular complexity index is 326. The monoisotopic (exact) mass is 211 g/mol. The van der Waals surface area contributed by atoms with Crippen LogP contribution >= 0.6 is 0 Å². The van der Waals surface area contributed by atoms with E-state index >= 15 is 0 Å². The smallest absolute Gasteiger partial charge is 0.295 e. The molecule has 1 fully saturated rings. The molecule has 0 radical (unpaired) electrons. The van der Waals surface area contributed by atoms with Crippen LogP contribution in [0.2, 0.25) is 0 Å². The van der Waals surface area contributed by atoms with Gasteiger partial charge in [0, 0.05) is 19.7 Å². The summed E-state index contributed by atoms with van der Waals surface area (Å²) in [6, 6.07) is 0. The largest absolute Gasteiger partial charge is 0.396 e. The molecule has 0 bridgehead atoms. The molecular weight excluding hydrogens is 198 g/mol. The molecule has 1 aliphatic rings. The summed E-state index contributed by atoms with van der Waals surface area (Å²) in [6.07, 6.45) is 1.68. The number of hydrogen-bond donors (Lipinski definition) is 2. The van der Waals surface area contributed by atoms with Crippen molar-refractivity contribution in [1.82, 2.24) is 25.5 Å². The van der Waals surface area contributed by atoms with E-state index in [1.807, 2.05) is 0 Å². The molecule has 1 aliphatic heterocycles. The summed E-state index contributed by atoms with van der Waals surface area (Å²) in [5.74, 6) is 0.315. The van der Waals surface area contributed by atoms with E-state index in [9.17, 15) is 4.79 Å². The predicted octanol–water partition coefficient (Wildman–Crippen LogP) is -0.956. The maximum absolute atomic E-state index is 11.7. The van der Waals surface area contributed by atoms with Crippen LogP contribution in [0.5, 0.6) is 0 Å². The number of carbonyl (C=O) groups is 1. The van der Waals surface area contributed by atoms with Gasteiger partial charge in [0.25, 0.3) is 11.7 Å². The van der Waals surface area contributed by atoms with Crippen LogP contribution < -0.4 is 0 Å². The van der Waals surface area contributed by atoms with Crippen molar-refractivity contribution in [3.05, 3.63) is 5.82 Å². The number of nitrogens with one attached hydrogen (secondary N) is 1. The summed E-state index contributed by atoms with van der Waals surface area (Å²) < 4.78 is 0. The lowest BCUT2D eigenvalue weighted by Crippen LogP contribution is -2.29. The highest BCUT2D eigenvalue weighted by molar-refractivity contribution is 5.90. The van der Waals surface area contributed by atoms with Crippen molar-refractivity contribution < 1.29 is 9.90 Å². The maximum atomic E-state index is 11.7. The van der Waals surface area contributed by atoms with Crippen molar-refractivity contribution in [3.63, 3.8) is 0 Å². The van der Waals surface area contributed by atoms with Crippen LogP contribution in [0.15, 0.2) is 0 Å². The number of tetrazole rings is 1. The quantitative estimate of drug-likeness (QED) is 0.671. The second-order valence-electron chi connectivity index (χ2n) is 3.65. The van der Waals surface area contributed by atoms with Crippen LogP contribution in [0.4, 0.5) is 0 Å². The van der Waals surface area contributed by atoms with Gasteiger partial charge in [-0.25, -0.2) is 0 Å². The van der Waals surface area contributed by atoms with Gasteiger partial charge < -0.3 is 10.0 Å². The van der Waals surface area contributed by atoms with Gasteiger partial charge in [-0.3, -0.25) is 4.79 Å². The number of aromatic nitrogens is 4. The molecule has 7 nitrogen and oxygen atoms in total. The van der Waals surface area contributed by atoms with Crippen molar-refractivity contribution in [2.24, 2.45) is 5.92 Å². The van der Waals surface area contributed by atoms with E-state index in [1.54, 1.807) is 4.90 Å². The first-order chi connectivity index (χ1) is 7.31. The van der Waals surface area contributed by atoms with E-state index in [4.69, 9.17) is 5.11 Å². The third-order valence-corrected chi connectivity index (χ3v) is 2.65. The van der Waals surface area contributed by atoms with Gasteiger partial charge in [0.05, 0.1) is 0 Å². The number of hydrogen-bond acceptors (Lipinski definition) is 5. The van der Waals surface area contributed by atoms with Gasteiger partial charge in [-0.2, -0.15) is 5.21 Å². The fraction of sp³-hybridized carbons (Fsp3) is 0.750. The summed E-state index contributed by atoms with van der Waals surface area (Å²) in [6.45, 7) is 1.56. The Hall–Kier alpha value is -1.50. The normalized spacial score (nSPS) is 20.9. The Morgan fingerprint density at radius 2 is 2.53 bits per heavy atom. The zero-order chi connectivity index (χ0) is 10.7. The summed E-state index contributed by atoms with van der Waals surface area (Å²) in [5.41, 5.74) is 0. The van der Waals surface area contributed by atoms with Crippen molar-refractivity contribution in [3.8, 4) is 0 Å². The highest BCUT2D eigenvalue weighted by atomic mass is 16.3. The lowest BCUT2D eigenvalue weighted by Gasteiger charge is -2.13. The van der Waals surface area contributed by atoms with Crippen LogP contribution in [0.25, 0.3) is 0 Å². The van der Waals surface area contributed by atoms with Crippen LogP contribution in [-0.4, -0.2) is 56.2 Å². The summed E-state index contributed by atoms with van der Waals surface area (Å²) in [7, 11) is 0. The average molecular weight is 211 g/mol. The molecule has 1 amide bonds. The molecule has 1 aromatic heterocycles. The molecule has 7 heteroatoms. The molecule has 1 saturated heterocycles. The summed E-state index contributed by atoms with van der Waals surface area (Å²) in [4.78, 5) is 13.4. The number of amides is 1. The number of aliphatic hydroxyl groups excluding tert-OH is 1. The van der Waals surface area contributed by atoms with Crippen LogP contribution in [0, 0.1) is 5.92 Å². The molecule has 0 aliphatic carbocycles. The molecule has 1 aromatic rings. The molecule has 1 unspecified atom stereocenters. The zero-order valence-corrected chi connectivity index (χ0v) is 8.26. The fourth-order valence-electron chi connectivity index (χ4n) is 1.83. The van der Waals surface area contributed by atoms with Crippen LogP contribution in [0.1, 0.15) is 23.5 Å². The van der Waals surface area contributed by atoms with Gasteiger partial charge in [0.1, 0.15) is 0 Å². The van der Waals surface area contributed by atoms with Gasteiger partial charge in [-0.1, -0.05) is 0 Å². The third-order valence-electron chi connectivity index (χ3n) is 2.65. The Morgan fingerprint density at radius 3 is 3.20 bits per heavy atom. The summed E-state index contributed by atoms with van der Waals surface area (Å²) >= 11 is 0. The first-order valence-corrected chi connectivity index (χ1v) is 4.95. The molecule has 0 saturated carbocycles. The molecular formula is C8H13N5O2. The molecule has 2 N–H and O–H groups in total. The third kappa shape index (κ3) is 2.12. The minimum absolute atomic E-state index is 0.111. The number of H-pyrrole nitrogens is 1. The van der Waals surface area contributed by atoms with Crippen LogP contribution in [-0.2, 0) is 0 Å². The highest BCUT2D eigenvalue weighted by Crippen LogP contribution is 2.19. The molecule has 0 spiro atoms. The average Bonchev–Trinajstić information content (AvgIpc) is 2.87. The number of rotatable bonds is 3. The minimum atomic E-state index is -0.191. The standard InChI is InChI=1S/C8H13N5O2/c14-4-2-6-1-3-13(5-6)8(15)7-9-11-12-10-7/h6,14H,1-5H2,(H,9,10,11,12). The lowest BCUT2D eigenvalue weighted by molar-refractivity contribution is 0.0772. The van der Waals surface area contributed by atoms with Crippen molar-refractivity contribution in [2.75, 3.05) is 19.7 Å². The second-order valence-corrected chi connectivity index (χ2v) is 3.65. The fourth-order valence-corrected chi connectivity index (χ4v) is 1.83. The van der Waals surface area contributed by atoms with E-state index in [1.165, 1.54) is 0 Å². The number of nitrogens with zero attached hydrogens (tertiary/aromatic N) is 4. The molecule has 15 heavy (non-hydrogen) atoms. The molecule has 2 rings (SSSR count). The molecule has 1 atom stereocenters. The van der Waals surface area contributed by atoms with Gasteiger partial charge in [0.15, 0.2) is 0 Å². The molecule has 0 aromatic carbocycles. The Kier molecular flexibility index (Phi) is 2.91. The van der Waals surface area contributed by atoms with E-state index in [2.05, 4.69) is 20.6 Å². The first-order valence-electron chi connectivity index (χ1n) is 4.95. The van der Waals surface area contributed by atoms with Crippen molar-refractivity contribution in [1.29, 1.82) is 0 Å². The topological polar surface area (TPSA) is 95.0 Å².